The Labute approximate surface area is 254 Å². The molecule has 10 N–H and O–H groups in total. The third kappa shape index (κ3) is 5.86. The fourth-order valence-corrected chi connectivity index (χ4v) is 11.0. The van der Waals surface area contributed by atoms with Gasteiger partial charge in [-0.15, -0.1) is 23.5 Å². The molecular weight excluding hydrogens is 580 g/mol. The number of fused-ring (bicyclic) bond motifs is 2. The quantitative estimate of drug-likeness (QED) is 0.151. The van der Waals surface area contributed by atoms with Crippen LogP contribution in [0, 0.1) is 11.8 Å². The summed E-state index contributed by atoms with van der Waals surface area (Å²) < 4.78 is 5.52. The molecule has 14 nitrogen and oxygen atoms in total. The summed E-state index contributed by atoms with van der Waals surface area (Å²) in [5.74, 6) is 0.399. The van der Waals surface area contributed by atoms with E-state index < -0.39 is 12.1 Å². The summed E-state index contributed by atoms with van der Waals surface area (Å²) >= 11 is 3.57. The molecule has 0 aromatic heterocycles. The summed E-state index contributed by atoms with van der Waals surface area (Å²) in [5, 5.41) is 12.1. The molecule has 0 aromatic rings. The second-order valence-corrected chi connectivity index (χ2v) is 14.7. The van der Waals surface area contributed by atoms with Crippen molar-refractivity contribution in [1.29, 1.82) is 0 Å². The number of primary amides is 1. The summed E-state index contributed by atoms with van der Waals surface area (Å²) in [6, 6.07) is 0.297. The number of ketones is 1. The largest absolute Gasteiger partial charge is 0.378 e. The number of nitrogens with zero attached hydrogens (tertiary/aromatic N) is 2. The Morgan fingerprint density at radius 1 is 1.17 bits per heavy atom. The van der Waals surface area contributed by atoms with Crippen LogP contribution in [-0.4, -0.2) is 114 Å². The Kier molecular flexibility index (Phi) is 9.02. The van der Waals surface area contributed by atoms with Gasteiger partial charge in [0.05, 0.1) is 60.7 Å². The molecule has 9 unspecified atom stereocenters. The third-order valence-electron chi connectivity index (χ3n) is 9.76. The second-order valence-electron chi connectivity index (χ2n) is 12.3. The topological polar surface area (TPSA) is 183 Å². The van der Waals surface area contributed by atoms with E-state index in [2.05, 4.69) is 42.1 Å². The molecule has 7 aliphatic rings. The van der Waals surface area contributed by atoms with Gasteiger partial charge < -0.3 is 21.1 Å². The predicted molar refractivity (Wildman–Crippen MR) is 160 cm³/mol. The average Bonchev–Trinajstić information content (AvgIpc) is 3.75. The smallest absolute Gasteiger partial charge is 0.226 e. The molecule has 1 amide bonds. The first kappa shape index (κ1) is 29.7. The molecule has 6 heterocycles. The highest BCUT2D eigenvalue weighted by Gasteiger charge is 2.52. The number of carbonyl (C=O) groups excluding carboxylic acids is 2. The molecule has 6 fully saturated rings. The Bertz CT molecular complexity index is 1050. The standard InChI is InChI=1S/C26H44N10O4S2/c27-14-3-1-2-4-15(14)30-26-32-24(20(23(28)38)25-33-29-12-36(25)26)31-18-10-17(40-34-18)13-11-41-22-16(37)9-19(42-21(13)22)35-5-7-39-8-6-35/h9,13-15,17-18,20-22,24-26,29-34H,1-8,10-12,27H2,(H2,28,38)/t13?,14-,15+,17?,18?,20?,21?,22?,24?,25?,26?/m1/s1. The van der Waals surface area contributed by atoms with Crippen molar-refractivity contribution in [2.24, 2.45) is 23.3 Å². The third-order valence-corrected chi connectivity index (χ3v) is 12.9. The van der Waals surface area contributed by atoms with E-state index in [4.69, 9.17) is 21.0 Å². The molecule has 1 aliphatic carbocycles. The number of nitrogens with two attached hydrogens (primary N) is 2. The highest BCUT2D eigenvalue weighted by atomic mass is 32.2. The van der Waals surface area contributed by atoms with Crippen LogP contribution in [0.1, 0.15) is 32.1 Å². The van der Waals surface area contributed by atoms with E-state index in [0.29, 0.717) is 19.9 Å². The number of nitrogens with one attached hydrogen (secondary N) is 6. The van der Waals surface area contributed by atoms with Crippen molar-refractivity contribution in [1.82, 2.24) is 42.1 Å². The van der Waals surface area contributed by atoms with Crippen LogP contribution in [0.2, 0.25) is 0 Å². The van der Waals surface area contributed by atoms with E-state index >= 15 is 0 Å². The van der Waals surface area contributed by atoms with Gasteiger partial charge in [0, 0.05) is 54.6 Å². The minimum atomic E-state index is -0.530. The van der Waals surface area contributed by atoms with E-state index in [0.717, 1.165) is 56.0 Å². The maximum Gasteiger partial charge on any atom is 0.226 e. The summed E-state index contributed by atoms with van der Waals surface area (Å²) in [7, 11) is 0. The van der Waals surface area contributed by atoms with Crippen molar-refractivity contribution in [2.45, 2.75) is 85.6 Å². The summed E-state index contributed by atoms with van der Waals surface area (Å²) in [4.78, 5) is 36.5. The molecule has 1 saturated carbocycles. The number of carbonyl (C=O) groups is 2. The molecule has 0 spiro atoms. The number of thioether (sulfide) groups is 2. The van der Waals surface area contributed by atoms with Gasteiger partial charge in [-0.3, -0.25) is 30.4 Å². The number of hydrazine groups is 1. The van der Waals surface area contributed by atoms with Gasteiger partial charge in [-0.2, -0.15) is 5.48 Å². The van der Waals surface area contributed by atoms with E-state index in [1.54, 1.807) is 11.8 Å². The van der Waals surface area contributed by atoms with Crippen molar-refractivity contribution in [3.8, 4) is 0 Å². The number of allylic oxidation sites excluding steroid dienone is 1. The minimum Gasteiger partial charge on any atom is -0.378 e. The highest BCUT2D eigenvalue weighted by Crippen LogP contribution is 2.49. The molecule has 0 radical (unpaired) electrons. The molecule has 7 rings (SSSR count). The molecule has 5 saturated heterocycles. The van der Waals surface area contributed by atoms with Crippen molar-refractivity contribution < 1.29 is 19.2 Å². The number of ether oxygens (including phenoxy) is 1. The highest BCUT2D eigenvalue weighted by molar-refractivity contribution is 8.07. The van der Waals surface area contributed by atoms with Crippen LogP contribution in [0.3, 0.4) is 0 Å². The molecule has 6 aliphatic heterocycles. The van der Waals surface area contributed by atoms with Crippen LogP contribution in [0.15, 0.2) is 11.1 Å². The molecule has 234 valence electrons. The number of hydroxylamine groups is 1. The Morgan fingerprint density at radius 2 is 2.00 bits per heavy atom. The van der Waals surface area contributed by atoms with Crippen LogP contribution >= 0.6 is 23.5 Å². The molecule has 42 heavy (non-hydrogen) atoms. The fraction of sp³-hybridized carbons (Fsp3) is 0.846. The van der Waals surface area contributed by atoms with Crippen molar-refractivity contribution in [3.63, 3.8) is 0 Å². The summed E-state index contributed by atoms with van der Waals surface area (Å²) in [5.41, 5.74) is 22.1. The van der Waals surface area contributed by atoms with Crippen molar-refractivity contribution >= 4 is 35.2 Å². The number of hydrogen-bond acceptors (Lipinski definition) is 15. The van der Waals surface area contributed by atoms with Gasteiger partial charge in [0.1, 0.15) is 6.29 Å². The number of hydrogen-bond donors (Lipinski definition) is 8. The Morgan fingerprint density at radius 3 is 2.81 bits per heavy atom. The lowest BCUT2D eigenvalue weighted by molar-refractivity contribution is -0.130. The molecule has 16 heteroatoms. The predicted octanol–water partition coefficient (Wildman–Crippen LogP) is -2.35. The average molecular weight is 625 g/mol. The van der Waals surface area contributed by atoms with Crippen LogP contribution in [0.4, 0.5) is 0 Å². The van der Waals surface area contributed by atoms with E-state index in [1.165, 1.54) is 0 Å². The van der Waals surface area contributed by atoms with Crippen molar-refractivity contribution in [2.75, 3.05) is 38.7 Å². The van der Waals surface area contributed by atoms with Crippen LogP contribution in [-0.2, 0) is 19.2 Å². The van der Waals surface area contributed by atoms with E-state index in [9.17, 15) is 9.59 Å². The van der Waals surface area contributed by atoms with E-state index in [-0.39, 0.29) is 64.9 Å². The zero-order chi connectivity index (χ0) is 28.8. The van der Waals surface area contributed by atoms with Gasteiger partial charge in [-0.1, -0.05) is 12.8 Å². The van der Waals surface area contributed by atoms with Crippen LogP contribution < -0.4 is 43.7 Å². The molecule has 0 bridgehead atoms. The lowest BCUT2D eigenvalue weighted by Crippen LogP contribution is -2.76. The first-order chi connectivity index (χ1) is 20.5. The van der Waals surface area contributed by atoms with Gasteiger partial charge in [-0.25, -0.2) is 15.8 Å². The lowest BCUT2D eigenvalue weighted by Gasteiger charge is -2.48. The maximum atomic E-state index is 13.1. The van der Waals surface area contributed by atoms with Gasteiger partial charge in [0.2, 0.25) is 5.91 Å². The van der Waals surface area contributed by atoms with Crippen LogP contribution in [0.5, 0.6) is 0 Å². The second kappa shape index (κ2) is 12.8. The zero-order valence-corrected chi connectivity index (χ0v) is 25.3. The number of rotatable bonds is 7. The Balaban J connectivity index is 1.01. The first-order valence-corrected chi connectivity index (χ1v) is 17.2. The maximum absolute atomic E-state index is 13.1. The van der Waals surface area contributed by atoms with Crippen LogP contribution in [0.25, 0.3) is 0 Å². The van der Waals surface area contributed by atoms with Crippen molar-refractivity contribution in [3.05, 3.63) is 11.1 Å². The molecule has 11 atom stereocenters. The Hall–Kier alpha value is -1.02. The lowest BCUT2D eigenvalue weighted by atomic mass is 9.90. The van der Waals surface area contributed by atoms with Gasteiger partial charge in [0.15, 0.2) is 5.78 Å². The zero-order valence-electron chi connectivity index (χ0n) is 23.7. The monoisotopic (exact) mass is 624 g/mol. The minimum absolute atomic E-state index is 0.0374. The first-order valence-electron chi connectivity index (χ1n) is 15.3. The SMILES string of the molecule is NC(=O)C1C(NC2CC(C3CSC4C(=O)C=C(N5CCOCC5)SC43)ON2)NC(N[C@H]2CCCC[C@H]2N)N2CNNC12. The number of morpholine rings is 1. The van der Waals surface area contributed by atoms with Gasteiger partial charge in [0.25, 0.3) is 0 Å². The van der Waals surface area contributed by atoms with E-state index in [1.807, 2.05) is 17.8 Å². The van der Waals surface area contributed by atoms with Gasteiger partial charge in [-0.05, 0) is 12.8 Å². The summed E-state index contributed by atoms with van der Waals surface area (Å²) in [6.07, 6.45) is 5.79. The number of amides is 1. The summed E-state index contributed by atoms with van der Waals surface area (Å²) in [6.45, 7) is 3.58. The fourth-order valence-electron chi connectivity index (χ4n) is 7.45. The normalized spacial score (nSPS) is 44.6. The molecule has 0 aromatic carbocycles. The molecular formula is C26H44N10O4S2. The van der Waals surface area contributed by atoms with Gasteiger partial charge >= 0.3 is 0 Å².